The Morgan fingerprint density at radius 3 is 2.78 bits per heavy atom. The molecule has 3 heterocycles. The number of nitrogens with zero attached hydrogens (tertiary/aromatic N) is 5. The summed E-state index contributed by atoms with van der Waals surface area (Å²) in [5.74, 6) is -0.624. The molecule has 0 radical (unpaired) electrons. The lowest BCUT2D eigenvalue weighted by Crippen LogP contribution is -2.08. The van der Waals surface area contributed by atoms with Gasteiger partial charge in [0.15, 0.2) is 5.69 Å². The summed E-state index contributed by atoms with van der Waals surface area (Å²) in [4.78, 5) is 23.9. The number of carbonyl (C=O) groups is 1. The van der Waals surface area contributed by atoms with E-state index < -0.39 is 5.97 Å². The number of rotatable bonds is 4. The molecule has 0 aliphatic heterocycles. The Kier molecular flexibility index (Phi) is 3.65. The lowest BCUT2D eigenvalue weighted by Gasteiger charge is -2.09. The van der Waals surface area contributed by atoms with Gasteiger partial charge in [-0.05, 0) is 25.5 Å². The van der Waals surface area contributed by atoms with Crippen molar-refractivity contribution in [1.82, 2.24) is 24.7 Å². The number of carboxylic acids is 1. The predicted molar refractivity (Wildman–Crippen MR) is 81.6 cm³/mol. The van der Waals surface area contributed by atoms with E-state index in [-0.39, 0.29) is 5.69 Å². The van der Waals surface area contributed by atoms with Gasteiger partial charge in [0.2, 0.25) is 5.88 Å². The van der Waals surface area contributed by atoms with Crippen LogP contribution in [-0.4, -0.2) is 42.9 Å². The van der Waals surface area contributed by atoms with E-state index in [4.69, 9.17) is 4.74 Å². The van der Waals surface area contributed by atoms with Crippen molar-refractivity contribution in [2.45, 2.75) is 20.4 Å². The molecule has 0 atom stereocenters. The zero-order valence-electron chi connectivity index (χ0n) is 12.9. The van der Waals surface area contributed by atoms with Gasteiger partial charge >= 0.3 is 5.97 Å². The van der Waals surface area contributed by atoms with Crippen LogP contribution in [0.4, 0.5) is 0 Å². The number of methoxy groups -OCH3 is 1. The van der Waals surface area contributed by atoms with Gasteiger partial charge in [-0.1, -0.05) is 0 Å². The minimum absolute atomic E-state index is 0.0707. The molecule has 0 fully saturated rings. The quantitative estimate of drug-likeness (QED) is 0.780. The summed E-state index contributed by atoms with van der Waals surface area (Å²) < 4.78 is 6.78. The second kappa shape index (κ2) is 5.64. The monoisotopic (exact) mass is 313 g/mol. The molecule has 3 aromatic rings. The number of aromatic carboxylic acids is 1. The van der Waals surface area contributed by atoms with Crippen LogP contribution in [0.1, 0.15) is 27.3 Å². The molecule has 0 spiro atoms. The highest BCUT2D eigenvalue weighted by Crippen LogP contribution is 2.21. The maximum atomic E-state index is 11.4. The average Bonchev–Trinajstić information content (AvgIpc) is 2.87. The number of pyridine rings is 1. The van der Waals surface area contributed by atoms with Gasteiger partial charge in [-0.15, -0.1) is 0 Å². The van der Waals surface area contributed by atoms with Crippen molar-refractivity contribution in [2.24, 2.45) is 0 Å². The molecule has 0 saturated carbocycles. The Bertz CT molecular complexity index is 904. The summed E-state index contributed by atoms with van der Waals surface area (Å²) in [6.45, 7) is 4.05. The Balaban J connectivity index is 2.14. The fraction of sp³-hybridized carbons (Fsp3) is 0.267. The SMILES string of the molecule is COc1ncnc(Cn2nc(C(=O)O)c3ncc(C)cc32)c1C. The van der Waals surface area contributed by atoms with Gasteiger partial charge in [-0.25, -0.2) is 14.8 Å². The molecule has 8 nitrogen and oxygen atoms in total. The average molecular weight is 313 g/mol. The fourth-order valence-electron chi connectivity index (χ4n) is 2.39. The lowest BCUT2D eigenvalue weighted by molar-refractivity contribution is 0.0691. The summed E-state index contributed by atoms with van der Waals surface area (Å²) in [5.41, 5.74) is 3.36. The van der Waals surface area contributed by atoms with Crippen molar-refractivity contribution in [3.63, 3.8) is 0 Å². The van der Waals surface area contributed by atoms with Crippen molar-refractivity contribution in [3.8, 4) is 5.88 Å². The van der Waals surface area contributed by atoms with Crippen LogP contribution in [0, 0.1) is 13.8 Å². The Morgan fingerprint density at radius 2 is 2.09 bits per heavy atom. The van der Waals surface area contributed by atoms with Crippen LogP contribution in [0.15, 0.2) is 18.6 Å². The highest BCUT2D eigenvalue weighted by molar-refractivity contribution is 5.99. The molecule has 3 aromatic heterocycles. The Morgan fingerprint density at radius 1 is 1.30 bits per heavy atom. The summed E-state index contributed by atoms with van der Waals surface area (Å²) in [5, 5.41) is 13.5. The minimum atomic E-state index is -1.11. The first-order valence-electron chi connectivity index (χ1n) is 6.92. The number of carboxylic acid groups (broad SMARTS) is 1. The molecular formula is C15H15N5O3. The second-order valence-corrected chi connectivity index (χ2v) is 5.15. The van der Waals surface area contributed by atoms with Gasteiger partial charge in [-0.2, -0.15) is 5.10 Å². The van der Waals surface area contributed by atoms with Crippen LogP contribution in [-0.2, 0) is 6.54 Å². The van der Waals surface area contributed by atoms with Gasteiger partial charge in [0.1, 0.15) is 11.8 Å². The Labute approximate surface area is 131 Å². The smallest absolute Gasteiger partial charge is 0.358 e. The number of aryl methyl sites for hydroxylation is 1. The highest BCUT2D eigenvalue weighted by Gasteiger charge is 2.19. The molecule has 0 bridgehead atoms. The van der Waals surface area contributed by atoms with Gasteiger partial charge in [0.05, 0.1) is 24.9 Å². The van der Waals surface area contributed by atoms with E-state index in [1.165, 1.54) is 13.4 Å². The number of ether oxygens (including phenoxy) is 1. The fourth-order valence-corrected chi connectivity index (χ4v) is 2.39. The third-order valence-corrected chi connectivity index (χ3v) is 3.57. The van der Waals surface area contributed by atoms with E-state index in [0.717, 1.165) is 11.1 Å². The van der Waals surface area contributed by atoms with Gasteiger partial charge in [-0.3, -0.25) is 9.67 Å². The summed E-state index contributed by atoms with van der Waals surface area (Å²) >= 11 is 0. The minimum Gasteiger partial charge on any atom is -0.481 e. The zero-order chi connectivity index (χ0) is 16.6. The number of aromatic nitrogens is 5. The third kappa shape index (κ3) is 2.59. The molecule has 0 aromatic carbocycles. The summed E-state index contributed by atoms with van der Waals surface area (Å²) in [7, 11) is 1.54. The normalized spacial score (nSPS) is 10.9. The Hall–Kier alpha value is -3.03. The summed E-state index contributed by atoms with van der Waals surface area (Å²) in [6.07, 6.45) is 3.04. The highest BCUT2D eigenvalue weighted by atomic mass is 16.5. The first-order valence-corrected chi connectivity index (χ1v) is 6.92. The molecule has 3 rings (SSSR count). The van der Waals surface area contributed by atoms with Gasteiger partial charge in [0.25, 0.3) is 0 Å². The van der Waals surface area contributed by atoms with Crippen LogP contribution < -0.4 is 4.74 Å². The molecule has 0 saturated heterocycles. The van der Waals surface area contributed by atoms with E-state index >= 15 is 0 Å². The zero-order valence-corrected chi connectivity index (χ0v) is 12.9. The lowest BCUT2D eigenvalue weighted by atomic mass is 10.2. The van der Waals surface area contributed by atoms with Crippen LogP contribution >= 0.6 is 0 Å². The molecule has 0 aliphatic carbocycles. The van der Waals surface area contributed by atoms with Crippen LogP contribution in [0.2, 0.25) is 0 Å². The van der Waals surface area contributed by atoms with Gasteiger partial charge in [0, 0.05) is 11.8 Å². The predicted octanol–water partition coefficient (Wildman–Crippen LogP) is 1.59. The van der Waals surface area contributed by atoms with Crippen LogP contribution in [0.25, 0.3) is 11.0 Å². The van der Waals surface area contributed by atoms with E-state index in [1.807, 2.05) is 19.9 Å². The van der Waals surface area contributed by atoms with Crippen molar-refractivity contribution < 1.29 is 14.6 Å². The topological polar surface area (TPSA) is 103 Å². The van der Waals surface area contributed by atoms with Crippen LogP contribution in [0.3, 0.4) is 0 Å². The first-order chi connectivity index (χ1) is 11.0. The maximum Gasteiger partial charge on any atom is 0.358 e. The van der Waals surface area contributed by atoms with Crippen LogP contribution in [0.5, 0.6) is 5.88 Å². The molecule has 0 amide bonds. The van der Waals surface area contributed by atoms with Crippen molar-refractivity contribution in [2.75, 3.05) is 7.11 Å². The number of hydrogen-bond donors (Lipinski definition) is 1. The molecule has 8 heteroatoms. The molecule has 23 heavy (non-hydrogen) atoms. The largest absolute Gasteiger partial charge is 0.481 e. The number of hydrogen-bond acceptors (Lipinski definition) is 6. The third-order valence-electron chi connectivity index (χ3n) is 3.57. The van der Waals surface area contributed by atoms with E-state index in [9.17, 15) is 9.90 Å². The summed E-state index contributed by atoms with van der Waals surface area (Å²) in [6, 6.07) is 1.86. The van der Waals surface area contributed by atoms with E-state index in [0.29, 0.717) is 29.2 Å². The second-order valence-electron chi connectivity index (χ2n) is 5.15. The van der Waals surface area contributed by atoms with Crippen molar-refractivity contribution in [1.29, 1.82) is 0 Å². The van der Waals surface area contributed by atoms with E-state index in [2.05, 4.69) is 20.1 Å². The molecule has 1 N–H and O–H groups in total. The standard InChI is InChI=1S/C15H15N5O3/c1-8-4-11-12(16-5-8)13(15(21)22)19-20(11)6-10-9(2)14(23-3)18-7-17-10/h4-5,7H,6H2,1-3H3,(H,21,22). The molecule has 0 unspecified atom stereocenters. The first kappa shape index (κ1) is 14.9. The van der Waals surface area contributed by atoms with Crippen molar-refractivity contribution >= 4 is 17.0 Å². The maximum absolute atomic E-state index is 11.4. The van der Waals surface area contributed by atoms with Gasteiger partial charge < -0.3 is 9.84 Å². The number of fused-ring (bicyclic) bond motifs is 1. The van der Waals surface area contributed by atoms with Crippen molar-refractivity contribution in [3.05, 3.63) is 41.1 Å². The van der Waals surface area contributed by atoms with E-state index in [1.54, 1.807) is 10.9 Å². The molecule has 118 valence electrons. The molecule has 0 aliphatic rings. The molecular weight excluding hydrogens is 298 g/mol.